The zero-order chi connectivity index (χ0) is 11.0. The number of hydrogen-bond acceptors (Lipinski definition) is 3. The summed E-state index contributed by atoms with van der Waals surface area (Å²) in [5.74, 6) is -0.240. The second-order valence-corrected chi connectivity index (χ2v) is 3.76. The number of benzene rings is 1. The zero-order valence-corrected chi connectivity index (χ0v) is 8.57. The number of rotatable bonds is 1. The summed E-state index contributed by atoms with van der Waals surface area (Å²) in [5.41, 5.74) is 3.72. The van der Waals surface area contributed by atoms with Crippen molar-refractivity contribution in [1.29, 1.82) is 0 Å². The van der Waals surface area contributed by atoms with E-state index >= 15 is 0 Å². The van der Waals surface area contributed by atoms with Crippen LogP contribution < -0.4 is 5.32 Å². The number of fused-ring (bicyclic) bond motifs is 1. The molecular formula is C12H10FN3. The minimum atomic E-state index is -0.240. The van der Waals surface area contributed by atoms with Crippen molar-refractivity contribution in [2.24, 2.45) is 0 Å². The van der Waals surface area contributed by atoms with Crippen molar-refractivity contribution >= 4 is 0 Å². The fourth-order valence-corrected chi connectivity index (χ4v) is 1.98. The van der Waals surface area contributed by atoms with Gasteiger partial charge < -0.3 is 5.32 Å². The van der Waals surface area contributed by atoms with E-state index in [1.165, 1.54) is 18.5 Å². The summed E-state index contributed by atoms with van der Waals surface area (Å²) < 4.78 is 13.1. The first-order valence-electron chi connectivity index (χ1n) is 5.14. The van der Waals surface area contributed by atoms with E-state index in [9.17, 15) is 4.39 Å². The Morgan fingerprint density at radius 1 is 1.19 bits per heavy atom. The van der Waals surface area contributed by atoms with Crippen LogP contribution in [0.2, 0.25) is 0 Å². The van der Waals surface area contributed by atoms with Crippen molar-refractivity contribution in [2.75, 3.05) is 0 Å². The van der Waals surface area contributed by atoms with Gasteiger partial charge in [0.15, 0.2) is 0 Å². The molecule has 1 aromatic heterocycles. The van der Waals surface area contributed by atoms with Crippen LogP contribution in [0.3, 0.4) is 0 Å². The van der Waals surface area contributed by atoms with E-state index < -0.39 is 0 Å². The summed E-state index contributed by atoms with van der Waals surface area (Å²) in [6.45, 7) is 1.52. The predicted octanol–water partition coefficient (Wildman–Crippen LogP) is 1.89. The van der Waals surface area contributed by atoms with E-state index in [0.717, 1.165) is 35.6 Å². The molecule has 0 saturated carbocycles. The lowest BCUT2D eigenvalue weighted by Crippen LogP contribution is -2.00. The highest BCUT2D eigenvalue weighted by molar-refractivity contribution is 5.64. The molecule has 0 saturated heterocycles. The van der Waals surface area contributed by atoms with Gasteiger partial charge in [-0.05, 0) is 12.1 Å². The maximum atomic E-state index is 13.1. The molecule has 0 radical (unpaired) electrons. The first-order valence-corrected chi connectivity index (χ1v) is 5.14. The molecule has 3 nitrogen and oxygen atoms in total. The third-order valence-electron chi connectivity index (χ3n) is 2.73. The lowest BCUT2D eigenvalue weighted by molar-refractivity contribution is 0.628. The van der Waals surface area contributed by atoms with Crippen LogP contribution in [-0.2, 0) is 13.1 Å². The van der Waals surface area contributed by atoms with Crippen LogP contribution in [0.15, 0.2) is 30.6 Å². The Kier molecular flexibility index (Phi) is 2.15. The molecule has 0 atom stereocenters. The van der Waals surface area contributed by atoms with Gasteiger partial charge in [0.25, 0.3) is 0 Å². The molecule has 1 aliphatic heterocycles. The Bertz CT molecular complexity index is 540. The third-order valence-corrected chi connectivity index (χ3v) is 2.73. The average Bonchev–Trinajstić information content (AvgIpc) is 2.76. The molecule has 0 bridgehead atoms. The van der Waals surface area contributed by atoms with Crippen LogP contribution in [0, 0.1) is 5.82 Å². The smallest absolute Gasteiger partial charge is 0.123 e. The van der Waals surface area contributed by atoms with Crippen molar-refractivity contribution in [2.45, 2.75) is 13.1 Å². The van der Waals surface area contributed by atoms with Gasteiger partial charge in [0, 0.05) is 24.2 Å². The summed E-state index contributed by atoms with van der Waals surface area (Å²) in [5, 5.41) is 3.22. The topological polar surface area (TPSA) is 37.8 Å². The van der Waals surface area contributed by atoms with E-state index in [1.54, 1.807) is 6.07 Å². The highest BCUT2D eigenvalue weighted by Crippen LogP contribution is 2.25. The number of nitrogens with one attached hydrogen (secondary N) is 1. The van der Waals surface area contributed by atoms with Crippen LogP contribution in [0.4, 0.5) is 4.39 Å². The molecule has 2 heterocycles. The van der Waals surface area contributed by atoms with Crippen molar-refractivity contribution < 1.29 is 4.39 Å². The van der Waals surface area contributed by atoms with Gasteiger partial charge in [0.2, 0.25) is 0 Å². The summed E-state index contributed by atoms with van der Waals surface area (Å²) >= 11 is 0. The lowest BCUT2D eigenvalue weighted by Gasteiger charge is -2.05. The number of hydrogen-bond donors (Lipinski definition) is 1. The maximum Gasteiger partial charge on any atom is 0.123 e. The molecule has 4 heteroatoms. The SMILES string of the molecule is Fc1cccc(-c2ncnc3c2CNC3)c1. The second kappa shape index (κ2) is 3.64. The molecule has 0 fully saturated rings. The van der Waals surface area contributed by atoms with E-state index in [2.05, 4.69) is 15.3 Å². The third kappa shape index (κ3) is 1.47. The minimum absolute atomic E-state index is 0.240. The van der Waals surface area contributed by atoms with E-state index in [0.29, 0.717) is 0 Å². The predicted molar refractivity (Wildman–Crippen MR) is 58.0 cm³/mol. The van der Waals surface area contributed by atoms with Gasteiger partial charge in [0.05, 0.1) is 11.4 Å². The lowest BCUT2D eigenvalue weighted by atomic mass is 10.1. The first-order chi connectivity index (χ1) is 7.84. The Balaban J connectivity index is 2.17. The van der Waals surface area contributed by atoms with Crippen LogP contribution in [0.25, 0.3) is 11.3 Å². The molecule has 0 spiro atoms. The Hall–Kier alpha value is -1.81. The van der Waals surface area contributed by atoms with Gasteiger partial charge in [-0.3, -0.25) is 0 Å². The Morgan fingerprint density at radius 2 is 2.12 bits per heavy atom. The first kappa shape index (κ1) is 9.42. The van der Waals surface area contributed by atoms with Gasteiger partial charge in [-0.1, -0.05) is 12.1 Å². The second-order valence-electron chi connectivity index (χ2n) is 3.76. The molecule has 2 aromatic rings. The molecule has 1 aliphatic rings. The average molecular weight is 215 g/mol. The molecule has 0 amide bonds. The zero-order valence-electron chi connectivity index (χ0n) is 8.57. The molecule has 80 valence electrons. The molecule has 1 N–H and O–H groups in total. The van der Waals surface area contributed by atoms with Crippen LogP contribution in [0.1, 0.15) is 11.3 Å². The summed E-state index contributed by atoms with van der Waals surface area (Å²) in [7, 11) is 0. The highest BCUT2D eigenvalue weighted by atomic mass is 19.1. The fraction of sp³-hybridized carbons (Fsp3) is 0.167. The molecule has 0 aliphatic carbocycles. The monoisotopic (exact) mass is 215 g/mol. The van der Waals surface area contributed by atoms with Crippen molar-refractivity contribution in [3.8, 4) is 11.3 Å². The van der Waals surface area contributed by atoms with Crippen LogP contribution in [-0.4, -0.2) is 9.97 Å². The maximum absolute atomic E-state index is 13.1. The summed E-state index contributed by atoms with van der Waals surface area (Å²) in [4.78, 5) is 8.44. The van der Waals surface area contributed by atoms with Crippen LogP contribution >= 0.6 is 0 Å². The molecule has 16 heavy (non-hydrogen) atoms. The fourth-order valence-electron chi connectivity index (χ4n) is 1.98. The van der Waals surface area contributed by atoms with Gasteiger partial charge >= 0.3 is 0 Å². The summed E-state index contributed by atoms with van der Waals surface area (Å²) in [6, 6.07) is 6.50. The van der Waals surface area contributed by atoms with Crippen molar-refractivity contribution in [3.63, 3.8) is 0 Å². The van der Waals surface area contributed by atoms with Crippen molar-refractivity contribution in [3.05, 3.63) is 47.7 Å². The van der Waals surface area contributed by atoms with Gasteiger partial charge in [-0.25, -0.2) is 14.4 Å². The minimum Gasteiger partial charge on any atom is -0.307 e. The van der Waals surface area contributed by atoms with Gasteiger partial charge in [0.1, 0.15) is 12.1 Å². The number of halogens is 1. The largest absolute Gasteiger partial charge is 0.307 e. The molecule has 3 rings (SSSR count). The van der Waals surface area contributed by atoms with E-state index in [-0.39, 0.29) is 5.82 Å². The standard InChI is InChI=1S/C12H10FN3/c13-9-3-1-2-8(4-9)12-10-5-14-6-11(10)15-7-16-12/h1-4,7,14H,5-6H2. The molecule has 1 aromatic carbocycles. The molecular weight excluding hydrogens is 205 g/mol. The van der Waals surface area contributed by atoms with Gasteiger partial charge in [-0.2, -0.15) is 0 Å². The summed E-state index contributed by atoms with van der Waals surface area (Å²) in [6.07, 6.45) is 1.53. The van der Waals surface area contributed by atoms with Crippen LogP contribution in [0.5, 0.6) is 0 Å². The normalized spacial score (nSPS) is 13.8. The quantitative estimate of drug-likeness (QED) is 0.789. The van der Waals surface area contributed by atoms with E-state index in [4.69, 9.17) is 0 Å². The van der Waals surface area contributed by atoms with Gasteiger partial charge in [-0.15, -0.1) is 0 Å². The van der Waals surface area contributed by atoms with Crippen molar-refractivity contribution in [1.82, 2.24) is 15.3 Å². The Morgan fingerprint density at radius 3 is 3.00 bits per heavy atom. The number of aromatic nitrogens is 2. The highest BCUT2D eigenvalue weighted by Gasteiger charge is 2.17. The molecule has 0 unspecified atom stereocenters. The Labute approximate surface area is 92.4 Å². The number of nitrogens with zero attached hydrogens (tertiary/aromatic N) is 2. The van der Waals surface area contributed by atoms with E-state index in [1.807, 2.05) is 6.07 Å².